The minimum absolute atomic E-state index is 0.145. The van der Waals surface area contributed by atoms with Gasteiger partial charge in [-0.3, -0.25) is 4.79 Å². The maximum atomic E-state index is 11.9. The number of hydrogen-bond donors (Lipinski definition) is 1. The lowest BCUT2D eigenvalue weighted by Gasteiger charge is -2.37. The van der Waals surface area contributed by atoms with Gasteiger partial charge < -0.3 is 9.80 Å². The Labute approximate surface area is 87.4 Å². The van der Waals surface area contributed by atoms with E-state index in [0.717, 1.165) is 13.1 Å². The first-order valence-corrected chi connectivity index (χ1v) is 4.91. The molecule has 7 heteroatoms. The van der Waals surface area contributed by atoms with E-state index < -0.39 is 0 Å². The molecule has 1 saturated heterocycles. The van der Waals surface area contributed by atoms with Crippen molar-refractivity contribution in [1.29, 1.82) is 0 Å². The quantitative estimate of drug-likeness (QED) is 0.641. The van der Waals surface area contributed by atoms with Crippen LogP contribution in [0.15, 0.2) is 0 Å². The van der Waals surface area contributed by atoms with Crippen molar-refractivity contribution in [3.63, 3.8) is 0 Å². The van der Waals surface area contributed by atoms with Crippen molar-refractivity contribution < 1.29 is 4.79 Å². The maximum Gasteiger partial charge on any atom is 0.295 e. The zero-order valence-electron chi connectivity index (χ0n) is 8.84. The Bertz CT molecular complexity index is 337. The van der Waals surface area contributed by atoms with Gasteiger partial charge in [-0.2, -0.15) is 5.21 Å². The largest absolute Gasteiger partial charge is 0.331 e. The monoisotopic (exact) mass is 210 g/mol. The van der Waals surface area contributed by atoms with Gasteiger partial charge in [0, 0.05) is 25.7 Å². The zero-order chi connectivity index (χ0) is 10.8. The molecule has 0 bridgehead atoms. The number of aromatic amines is 1. The van der Waals surface area contributed by atoms with Gasteiger partial charge in [-0.25, -0.2) is 0 Å². The molecule has 1 atom stereocenters. The summed E-state index contributed by atoms with van der Waals surface area (Å²) in [5.41, 5.74) is 0. The van der Waals surface area contributed by atoms with E-state index in [4.69, 9.17) is 0 Å². The average Bonchev–Trinajstić information content (AvgIpc) is 2.69. The van der Waals surface area contributed by atoms with Gasteiger partial charge in [0.15, 0.2) is 0 Å². The smallest absolute Gasteiger partial charge is 0.295 e. The highest BCUT2D eigenvalue weighted by molar-refractivity contribution is 5.90. The van der Waals surface area contributed by atoms with Crippen LogP contribution in [-0.2, 0) is 0 Å². The minimum atomic E-state index is -0.149. The number of amides is 1. The van der Waals surface area contributed by atoms with E-state index in [0.29, 0.717) is 6.54 Å². The van der Waals surface area contributed by atoms with E-state index in [2.05, 4.69) is 25.5 Å². The fourth-order valence-electron chi connectivity index (χ4n) is 1.82. The van der Waals surface area contributed by atoms with Gasteiger partial charge in [-0.1, -0.05) is 0 Å². The lowest BCUT2D eigenvalue weighted by molar-refractivity contribution is 0.0521. The zero-order valence-corrected chi connectivity index (χ0v) is 8.84. The van der Waals surface area contributed by atoms with Crippen LogP contribution in [0.4, 0.5) is 0 Å². The van der Waals surface area contributed by atoms with E-state index in [-0.39, 0.29) is 17.8 Å². The first-order chi connectivity index (χ1) is 7.18. The minimum Gasteiger partial charge on any atom is -0.331 e. The van der Waals surface area contributed by atoms with Gasteiger partial charge >= 0.3 is 0 Å². The molecule has 0 spiro atoms. The number of rotatable bonds is 1. The van der Waals surface area contributed by atoms with Crippen molar-refractivity contribution in [3.05, 3.63) is 5.82 Å². The molecule has 1 amide bonds. The van der Waals surface area contributed by atoms with Crippen molar-refractivity contribution in [2.75, 3.05) is 26.7 Å². The lowest BCUT2D eigenvalue weighted by Crippen LogP contribution is -2.52. The highest BCUT2D eigenvalue weighted by Crippen LogP contribution is 2.10. The topological polar surface area (TPSA) is 78.0 Å². The molecule has 1 aromatic heterocycles. The number of carbonyl (C=O) groups excluding carboxylic acids is 1. The van der Waals surface area contributed by atoms with Gasteiger partial charge in [-0.05, 0) is 19.2 Å². The molecule has 0 saturated carbocycles. The molecule has 2 heterocycles. The van der Waals surface area contributed by atoms with E-state index in [9.17, 15) is 4.79 Å². The van der Waals surface area contributed by atoms with Crippen molar-refractivity contribution in [2.24, 2.45) is 0 Å². The van der Waals surface area contributed by atoms with Crippen LogP contribution in [0.3, 0.4) is 0 Å². The van der Waals surface area contributed by atoms with Gasteiger partial charge in [0.2, 0.25) is 0 Å². The number of tetrazole rings is 1. The Balaban J connectivity index is 2.08. The first-order valence-electron chi connectivity index (χ1n) is 4.91. The molecule has 7 nitrogen and oxygen atoms in total. The SMILES string of the molecule is CC1CN(C)CCN1C(=O)c1nn[nH]n1. The summed E-state index contributed by atoms with van der Waals surface area (Å²) in [5.74, 6) is -0.00393. The molecule has 1 unspecified atom stereocenters. The van der Waals surface area contributed by atoms with Crippen LogP contribution in [0, 0.1) is 0 Å². The van der Waals surface area contributed by atoms with Crippen LogP contribution >= 0.6 is 0 Å². The fourth-order valence-corrected chi connectivity index (χ4v) is 1.82. The number of likely N-dealkylation sites (N-methyl/N-ethyl adjacent to an activating group) is 1. The molecule has 0 aliphatic carbocycles. The number of aromatic nitrogens is 4. The van der Waals surface area contributed by atoms with E-state index >= 15 is 0 Å². The highest BCUT2D eigenvalue weighted by Gasteiger charge is 2.28. The van der Waals surface area contributed by atoms with Crippen LogP contribution in [0.5, 0.6) is 0 Å². The van der Waals surface area contributed by atoms with Crippen LogP contribution in [-0.4, -0.2) is 69.1 Å². The predicted molar refractivity (Wildman–Crippen MR) is 52.2 cm³/mol. The Morgan fingerprint density at radius 1 is 1.53 bits per heavy atom. The van der Waals surface area contributed by atoms with Crippen molar-refractivity contribution in [3.8, 4) is 0 Å². The molecule has 0 aromatic carbocycles. The summed E-state index contributed by atoms with van der Waals surface area (Å²) in [6, 6.07) is 0.190. The third-order valence-corrected chi connectivity index (χ3v) is 2.63. The molecule has 1 aliphatic rings. The van der Waals surface area contributed by atoms with Crippen LogP contribution in [0.1, 0.15) is 17.5 Å². The summed E-state index contributed by atoms with van der Waals surface area (Å²) in [5, 5.41) is 13.1. The first kappa shape index (κ1) is 10.0. The predicted octanol–water partition coefficient (Wildman–Crippen LogP) is -1.02. The Morgan fingerprint density at radius 3 is 2.93 bits per heavy atom. The number of carbonyl (C=O) groups is 1. The van der Waals surface area contributed by atoms with Crippen molar-refractivity contribution >= 4 is 5.91 Å². The molecule has 1 aliphatic heterocycles. The Kier molecular flexibility index (Phi) is 2.63. The second kappa shape index (κ2) is 3.93. The van der Waals surface area contributed by atoms with E-state index in [1.807, 2.05) is 14.0 Å². The molecule has 1 aromatic rings. The van der Waals surface area contributed by atoms with Gasteiger partial charge in [0.25, 0.3) is 11.7 Å². The van der Waals surface area contributed by atoms with Gasteiger partial charge in [0.05, 0.1) is 0 Å². The van der Waals surface area contributed by atoms with Crippen LogP contribution in [0.25, 0.3) is 0 Å². The summed E-state index contributed by atoms with van der Waals surface area (Å²) < 4.78 is 0. The van der Waals surface area contributed by atoms with Gasteiger partial charge in [-0.15, -0.1) is 10.2 Å². The lowest BCUT2D eigenvalue weighted by atomic mass is 10.2. The summed E-state index contributed by atoms with van der Waals surface area (Å²) in [6.07, 6.45) is 0. The number of nitrogens with one attached hydrogen (secondary N) is 1. The van der Waals surface area contributed by atoms with Crippen LogP contribution in [0.2, 0.25) is 0 Å². The third-order valence-electron chi connectivity index (χ3n) is 2.63. The Hall–Kier alpha value is -1.50. The summed E-state index contributed by atoms with van der Waals surface area (Å²) in [6.45, 7) is 4.50. The molecule has 0 radical (unpaired) electrons. The van der Waals surface area contributed by atoms with Gasteiger partial charge in [0.1, 0.15) is 0 Å². The summed E-state index contributed by atoms with van der Waals surface area (Å²) in [4.78, 5) is 15.9. The second-order valence-corrected chi connectivity index (χ2v) is 3.85. The average molecular weight is 210 g/mol. The van der Waals surface area contributed by atoms with E-state index in [1.54, 1.807) is 4.90 Å². The van der Waals surface area contributed by atoms with Crippen molar-refractivity contribution in [2.45, 2.75) is 13.0 Å². The van der Waals surface area contributed by atoms with Crippen LogP contribution < -0.4 is 0 Å². The molecule has 1 fully saturated rings. The fraction of sp³-hybridized carbons (Fsp3) is 0.750. The molecule has 82 valence electrons. The molecular weight excluding hydrogens is 196 g/mol. The second-order valence-electron chi connectivity index (χ2n) is 3.85. The number of piperazine rings is 1. The number of hydrogen-bond acceptors (Lipinski definition) is 5. The summed E-state index contributed by atoms with van der Waals surface area (Å²) in [7, 11) is 2.05. The molecular formula is C8H14N6O. The Morgan fingerprint density at radius 2 is 2.33 bits per heavy atom. The molecule has 2 rings (SSSR count). The highest BCUT2D eigenvalue weighted by atomic mass is 16.2. The molecule has 15 heavy (non-hydrogen) atoms. The number of H-pyrrole nitrogens is 1. The number of nitrogens with zero attached hydrogens (tertiary/aromatic N) is 5. The normalized spacial score (nSPS) is 23.1. The molecule has 1 N–H and O–H groups in total. The van der Waals surface area contributed by atoms with Crippen molar-refractivity contribution in [1.82, 2.24) is 30.4 Å². The summed E-state index contributed by atoms with van der Waals surface area (Å²) >= 11 is 0. The standard InChI is InChI=1S/C8H14N6O/c1-6-5-13(2)3-4-14(6)8(15)7-9-11-12-10-7/h6H,3-5H2,1-2H3,(H,9,10,11,12). The third kappa shape index (κ3) is 1.96. The maximum absolute atomic E-state index is 11.9. The van der Waals surface area contributed by atoms with E-state index in [1.165, 1.54) is 0 Å².